The van der Waals surface area contributed by atoms with E-state index in [9.17, 15) is 4.79 Å². The summed E-state index contributed by atoms with van der Waals surface area (Å²) in [5.41, 5.74) is 1.65. The number of nitriles is 1. The van der Waals surface area contributed by atoms with Crippen molar-refractivity contribution in [1.29, 1.82) is 5.26 Å². The second-order valence-corrected chi connectivity index (χ2v) is 5.59. The van der Waals surface area contributed by atoms with Gasteiger partial charge in [0.25, 0.3) is 5.91 Å². The van der Waals surface area contributed by atoms with Crippen molar-refractivity contribution in [1.82, 2.24) is 0 Å². The Kier molecular flexibility index (Phi) is 5.86. The molecule has 2 rings (SSSR count). The van der Waals surface area contributed by atoms with Crippen molar-refractivity contribution in [2.45, 2.75) is 13.3 Å². The van der Waals surface area contributed by atoms with Gasteiger partial charge in [-0.2, -0.15) is 5.26 Å². The highest BCUT2D eigenvalue weighted by molar-refractivity contribution is 6.31. The van der Waals surface area contributed by atoms with Crippen LogP contribution in [0.4, 0.5) is 5.69 Å². The minimum atomic E-state index is -0.378. The van der Waals surface area contributed by atoms with Crippen molar-refractivity contribution in [2.24, 2.45) is 0 Å². The van der Waals surface area contributed by atoms with Crippen molar-refractivity contribution in [3.63, 3.8) is 0 Å². The first kappa shape index (κ1) is 17.1. The highest BCUT2D eigenvalue weighted by Gasteiger charge is 2.09. The third-order valence-corrected chi connectivity index (χ3v) is 3.75. The lowest BCUT2D eigenvalue weighted by atomic mass is 10.1. The van der Waals surface area contributed by atoms with E-state index in [0.29, 0.717) is 27.0 Å². The van der Waals surface area contributed by atoms with E-state index < -0.39 is 0 Å². The summed E-state index contributed by atoms with van der Waals surface area (Å²) in [6.45, 7) is 1.81. The summed E-state index contributed by atoms with van der Waals surface area (Å²) in [6.07, 6.45) is 0.774. The van der Waals surface area contributed by atoms with Crippen molar-refractivity contribution < 1.29 is 9.53 Å². The molecule has 0 fully saturated rings. The molecule has 0 saturated carbocycles. The topological polar surface area (TPSA) is 62.1 Å². The molecule has 4 nitrogen and oxygen atoms in total. The number of hydrogen-bond donors (Lipinski definition) is 1. The van der Waals surface area contributed by atoms with Gasteiger partial charge in [-0.1, -0.05) is 30.1 Å². The average molecular weight is 349 g/mol. The molecule has 0 spiro atoms. The van der Waals surface area contributed by atoms with Gasteiger partial charge in [0.05, 0.1) is 11.3 Å². The smallest absolute Gasteiger partial charge is 0.262 e. The summed E-state index contributed by atoms with van der Waals surface area (Å²) in [7, 11) is 0. The Balaban J connectivity index is 2.01. The molecule has 0 aliphatic rings. The summed E-state index contributed by atoms with van der Waals surface area (Å²) < 4.78 is 5.45. The number of hydrogen-bond acceptors (Lipinski definition) is 3. The normalized spacial score (nSPS) is 10.0. The van der Waals surface area contributed by atoms with E-state index in [0.717, 1.165) is 12.0 Å². The maximum atomic E-state index is 12.0. The first-order valence-corrected chi connectivity index (χ1v) is 7.69. The number of ether oxygens (including phenoxy) is 1. The molecule has 2 aromatic rings. The van der Waals surface area contributed by atoms with Crippen LogP contribution < -0.4 is 10.1 Å². The van der Waals surface area contributed by atoms with Gasteiger partial charge in [-0.05, 0) is 48.4 Å². The lowest BCUT2D eigenvalue weighted by Crippen LogP contribution is -2.20. The molecule has 1 amide bonds. The number of amides is 1. The van der Waals surface area contributed by atoms with Crippen molar-refractivity contribution in [3.05, 3.63) is 57.6 Å². The zero-order valence-electron chi connectivity index (χ0n) is 12.4. The second-order valence-electron chi connectivity index (χ2n) is 4.75. The van der Waals surface area contributed by atoms with Crippen LogP contribution in [0, 0.1) is 11.3 Å². The molecule has 0 heterocycles. The zero-order chi connectivity index (χ0) is 16.8. The van der Waals surface area contributed by atoms with E-state index in [1.807, 2.05) is 13.0 Å². The number of carbonyl (C=O) groups is 1. The fourth-order valence-electron chi connectivity index (χ4n) is 1.96. The largest absolute Gasteiger partial charge is 0.484 e. The van der Waals surface area contributed by atoms with Gasteiger partial charge in [-0.25, -0.2) is 0 Å². The van der Waals surface area contributed by atoms with Crippen LogP contribution in [0.2, 0.25) is 10.0 Å². The van der Waals surface area contributed by atoms with Crippen LogP contribution in [0.3, 0.4) is 0 Å². The zero-order valence-corrected chi connectivity index (χ0v) is 13.9. The van der Waals surface area contributed by atoms with Gasteiger partial charge in [-0.3, -0.25) is 4.79 Å². The lowest BCUT2D eigenvalue weighted by Gasteiger charge is -2.10. The molecule has 0 radical (unpaired) electrons. The molecule has 6 heteroatoms. The third-order valence-electron chi connectivity index (χ3n) is 3.14. The summed E-state index contributed by atoms with van der Waals surface area (Å²) in [4.78, 5) is 12.0. The molecule has 0 unspecified atom stereocenters. The Hall–Kier alpha value is -2.22. The molecule has 2 aromatic carbocycles. The molecule has 1 N–H and O–H groups in total. The SMILES string of the molecule is CCc1cc(OCC(=O)Nc2cc(Cl)ccc2C#N)ccc1Cl. The molecule has 0 aliphatic heterocycles. The maximum absolute atomic E-state index is 12.0. The van der Waals surface area contributed by atoms with E-state index in [1.165, 1.54) is 6.07 Å². The molecule has 0 aliphatic carbocycles. The molecule has 118 valence electrons. The predicted octanol–water partition coefficient (Wildman–Crippen LogP) is 4.44. The minimum absolute atomic E-state index is 0.178. The van der Waals surface area contributed by atoms with Crippen molar-refractivity contribution in [2.75, 3.05) is 11.9 Å². The van der Waals surface area contributed by atoms with Gasteiger partial charge in [-0.15, -0.1) is 0 Å². The van der Waals surface area contributed by atoms with Gasteiger partial charge in [0.1, 0.15) is 11.8 Å². The number of carbonyl (C=O) groups excluding carboxylic acids is 1. The number of rotatable bonds is 5. The number of nitrogens with zero attached hydrogens (tertiary/aromatic N) is 1. The first-order chi connectivity index (χ1) is 11.0. The standard InChI is InChI=1S/C17H14Cl2N2O2/c1-2-11-7-14(5-6-15(11)19)23-10-17(22)21-16-8-13(18)4-3-12(16)9-20/h3-8H,2,10H2,1H3,(H,21,22). The van der Waals surface area contributed by atoms with Crippen LogP contribution in [0.5, 0.6) is 5.75 Å². The summed E-state index contributed by atoms with van der Waals surface area (Å²) >= 11 is 11.9. The highest BCUT2D eigenvalue weighted by atomic mass is 35.5. The van der Waals surface area contributed by atoms with E-state index >= 15 is 0 Å². The molecule has 23 heavy (non-hydrogen) atoms. The number of anilines is 1. The van der Waals surface area contributed by atoms with Gasteiger partial charge >= 0.3 is 0 Å². The fourth-order valence-corrected chi connectivity index (χ4v) is 2.39. The molecule has 0 saturated heterocycles. The lowest BCUT2D eigenvalue weighted by molar-refractivity contribution is -0.118. The molecular weight excluding hydrogens is 335 g/mol. The van der Waals surface area contributed by atoms with Crippen LogP contribution >= 0.6 is 23.2 Å². The van der Waals surface area contributed by atoms with Crippen LogP contribution in [0.1, 0.15) is 18.1 Å². The Labute approximate surface area is 144 Å². The quantitative estimate of drug-likeness (QED) is 0.868. The van der Waals surface area contributed by atoms with E-state index in [4.69, 9.17) is 33.2 Å². The second kappa shape index (κ2) is 7.87. The first-order valence-electron chi connectivity index (χ1n) is 6.94. The van der Waals surface area contributed by atoms with Gasteiger partial charge in [0, 0.05) is 10.0 Å². The number of nitrogens with one attached hydrogen (secondary N) is 1. The predicted molar refractivity (Wildman–Crippen MR) is 91.1 cm³/mol. The Morgan fingerprint density at radius 3 is 2.74 bits per heavy atom. The Morgan fingerprint density at radius 2 is 2.04 bits per heavy atom. The van der Waals surface area contributed by atoms with Crippen LogP contribution in [0.25, 0.3) is 0 Å². The van der Waals surface area contributed by atoms with Crippen LogP contribution in [0.15, 0.2) is 36.4 Å². The van der Waals surface area contributed by atoms with Gasteiger partial charge in [0.2, 0.25) is 0 Å². The Bertz CT molecular complexity index is 770. The number of aryl methyl sites for hydroxylation is 1. The number of benzene rings is 2. The molecule has 0 atom stereocenters. The average Bonchev–Trinajstić information content (AvgIpc) is 2.54. The summed E-state index contributed by atoms with van der Waals surface area (Å²) in [6, 6.07) is 11.9. The molecule has 0 bridgehead atoms. The van der Waals surface area contributed by atoms with Gasteiger partial charge in [0.15, 0.2) is 6.61 Å². The van der Waals surface area contributed by atoms with E-state index in [1.54, 1.807) is 30.3 Å². The summed E-state index contributed by atoms with van der Waals surface area (Å²) in [5.74, 6) is 0.185. The highest BCUT2D eigenvalue weighted by Crippen LogP contribution is 2.23. The number of halogens is 2. The minimum Gasteiger partial charge on any atom is -0.484 e. The Morgan fingerprint density at radius 1 is 1.26 bits per heavy atom. The van der Waals surface area contributed by atoms with E-state index in [2.05, 4.69) is 5.32 Å². The van der Waals surface area contributed by atoms with Crippen LogP contribution in [-0.2, 0) is 11.2 Å². The molecular formula is C17H14Cl2N2O2. The fraction of sp³-hybridized carbons (Fsp3) is 0.176. The van der Waals surface area contributed by atoms with Crippen molar-refractivity contribution in [3.8, 4) is 11.8 Å². The monoisotopic (exact) mass is 348 g/mol. The van der Waals surface area contributed by atoms with Crippen LogP contribution in [-0.4, -0.2) is 12.5 Å². The van der Waals surface area contributed by atoms with Gasteiger partial charge < -0.3 is 10.1 Å². The maximum Gasteiger partial charge on any atom is 0.262 e. The third kappa shape index (κ3) is 4.62. The molecule has 0 aromatic heterocycles. The van der Waals surface area contributed by atoms with E-state index in [-0.39, 0.29) is 12.5 Å². The summed E-state index contributed by atoms with van der Waals surface area (Å²) in [5, 5.41) is 12.7. The van der Waals surface area contributed by atoms with Crippen molar-refractivity contribution >= 4 is 34.8 Å².